The van der Waals surface area contributed by atoms with Crippen LogP contribution in [-0.4, -0.2) is 9.97 Å². The van der Waals surface area contributed by atoms with Gasteiger partial charge >= 0.3 is 0 Å². The van der Waals surface area contributed by atoms with Crippen LogP contribution in [0.4, 0.5) is 0 Å². The summed E-state index contributed by atoms with van der Waals surface area (Å²) in [5, 5.41) is 0. The van der Waals surface area contributed by atoms with Gasteiger partial charge in [-0.3, -0.25) is 0 Å². The summed E-state index contributed by atoms with van der Waals surface area (Å²) < 4.78 is 12.3. The summed E-state index contributed by atoms with van der Waals surface area (Å²) in [7, 11) is 0. The van der Waals surface area contributed by atoms with E-state index in [1.165, 1.54) is 140 Å². The lowest BCUT2D eigenvalue weighted by molar-refractivity contribution is 0.556. The van der Waals surface area contributed by atoms with Gasteiger partial charge in [-0.05, 0) is 61.1 Å². The number of nitrogens with zero attached hydrogens (tertiary/aromatic N) is 2. The van der Waals surface area contributed by atoms with Crippen molar-refractivity contribution in [3.8, 4) is 23.7 Å². The molecule has 5 aromatic rings. The number of unbranched alkanes of at least 4 members (excludes halogenated alkanes) is 18. The summed E-state index contributed by atoms with van der Waals surface area (Å²) in [6, 6.07) is 17.3. The van der Waals surface area contributed by atoms with E-state index < -0.39 is 0 Å². The van der Waals surface area contributed by atoms with Crippen LogP contribution in [0.25, 0.3) is 22.2 Å². The standard InChI is InChI=1S/C50H64N2O2/c1-5-7-9-11-13-15-17-19-21-23-25-41-27-31-43(32-28-41)35-37-45-47-50(54-39(3)51-47)46(48-49(45)53-40(4)52-48)38-36-44-33-29-42(30-34-44)26-24-22-20-18-16-14-12-10-8-6-2/h27-34H,5-26H2,1-4H3. The van der Waals surface area contributed by atoms with E-state index in [4.69, 9.17) is 18.8 Å². The van der Waals surface area contributed by atoms with E-state index in [1.54, 1.807) is 0 Å². The molecule has 0 aliphatic rings. The Morgan fingerprint density at radius 1 is 0.407 bits per heavy atom. The largest absolute Gasteiger partial charge is 0.440 e. The van der Waals surface area contributed by atoms with Crippen LogP contribution in [-0.2, 0) is 12.8 Å². The van der Waals surface area contributed by atoms with Crippen LogP contribution < -0.4 is 0 Å². The summed E-state index contributed by atoms with van der Waals surface area (Å²) in [6.07, 6.45) is 29.4. The molecule has 286 valence electrons. The molecule has 0 radical (unpaired) electrons. The molecule has 2 heterocycles. The fourth-order valence-electron chi connectivity index (χ4n) is 7.39. The second kappa shape index (κ2) is 22.8. The molecule has 0 fully saturated rings. The van der Waals surface area contributed by atoms with Crippen LogP contribution in [0, 0.1) is 37.5 Å². The van der Waals surface area contributed by atoms with Gasteiger partial charge in [0.1, 0.15) is 11.0 Å². The highest BCUT2D eigenvalue weighted by Crippen LogP contribution is 2.33. The van der Waals surface area contributed by atoms with Crippen molar-refractivity contribution < 1.29 is 8.83 Å². The Labute approximate surface area is 326 Å². The van der Waals surface area contributed by atoms with E-state index >= 15 is 0 Å². The van der Waals surface area contributed by atoms with Gasteiger partial charge in [-0.25, -0.2) is 9.97 Å². The van der Waals surface area contributed by atoms with Crippen LogP contribution in [0.3, 0.4) is 0 Å². The second-order valence-corrected chi connectivity index (χ2v) is 15.3. The average molecular weight is 725 g/mol. The molecule has 4 heteroatoms. The Morgan fingerprint density at radius 3 is 1.06 bits per heavy atom. The maximum atomic E-state index is 6.16. The zero-order valence-corrected chi connectivity index (χ0v) is 33.9. The van der Waals surface area contributed by atoms with E-state index in [9.17, 15) is 0 Å². The molecule has 4 nitrogen and oxygen atoms in total. The predicted octanol–water partition coefficient (Wildman–Crippen LogP) is 14.3. The third-order valence-corrected chi connectivity index (χ3v) is 10.6. The minimum Gasteiger partial charge on any atom is -0.440 e. The summed E-state index contributed by atoms with van der Waals surface area (Å²) in [4.78, 5) is 9.49. The molecule has 0 bridgehead atoms. The number of aryl methyl sites for hydroxylation is 4. The van der Waals surface area contributed by atoms with Crippen LogP contribution in [0.15, 0.2) is 57.4 Å². The van der Waals surface area contributed by atoms with Crippen molar-refractivity contribution in [2.45, 2.75) is 169 Å². The summed E-state index contributed by atoms with van der Waals surface area (Å²) in [5.74, 6) is 14.6. The lowest BCUT2D eigenvalue weighted by Gasteiger charge is -2.03. The van der Waals surface area contributed by atoms with E-state index in [1.807, 2.05) is 13.8 Å². The van der Waals surface area contributed by atoms with Crippen molar-refractivity contribution in [2.24, 2.45) is 0 Å². The quantitative estimate of drug-likeness (QED) is 0.0527. The molecule has 0 spiro atoms. The van der Waals surface area contributed by atoms with Crippen LogP contribution >= 0.6 is 0 Å². The topological polar surface area (TPSA) is 52.1 Å². The number of oxazole rings is 2. The van der Waals surface area contributed by atoms with Gasteiger partial charge < -0.3 is 8.83 Å². The van der Waals surface area contributed by atoms with Gasteiger partial charge in [0.25, 0.3) is 0 Å². The lowest BCUT2D eigenvalue weighted by atomic mass is 10.0. The first-order valence-corrected chi connectivity index (χ1v) is 21.5. The Bertz CT molecular complexity index is 1770. The molecule has 54 heavy (non-hydrogen) atoms. The Hall–Kier alpha value is -4.28. The fourth-order valence-corrected chi connectivity index (χ4v) is 7.39. The van der Waals surface area contributed by atoms with Crippen LogP contribution in [0.1, 0.15) is 187 Å². The molecule has 2 aromatic heterocycles. The van der Waals surface area contributed by atoms with Gasteiger partial charge in [-0.15, -0.1) is 0 Å². The van der Waals surface area contributed by atoms with Gasteiger partial charge in [-0.1, -0.05) is 177 Å². The second-order valence-electron chi connectivity index (χ2n) is 15.3. The number of hydrogen-bond donors (Lipinski definition) is 0. The molecule has 0 aliphatic heterocycles. The number of aromatic nitrogens is 2. The minimum absolute atomic E-state index is 0.563. The zero-order chi connectivity index (χ0) is 37.8. The van der Waals surface area contributed by atoms with Gasteiger partial charge in [0.05, 0.1) is 11.1 Å². The highest BCUT2D eigenvalue weighted by molar-refractivity contribution is 6.02. The van der Waals surface area contributed by atoms with Gasteiger partial charge in [0.2, 0.25) is 0 Å². The summed E-state index contributed by atoms with van der Waals surface area (Å²) in [5.41, 5.74) is 8.57. The lowest BCUT2D eigenvalue weighted by Crippen LogP contribution is -1.89. The first-order chi connectivity index (χ1) is 26.6. The Morgan fingerprint density at radius 2 is 0.722 bits per heavy atom. The molecule has 0 unspecified atom stereocenters. The highest BCUT2D eigenvalue weighted by atomic mass is 16.4. The van der Waals surface area contributed by atoms with Crippen molar-refractivity contribution in [2.75, 3.05) is 0 Å². The predicted molar refractivity (Wildman–Crippen MR) is 227 cm³/mol. The van der Waals surface area contributed by atoms with E-state index in [-0.39, 0.29) is 0 Å². The van der Waals surface area contributed by atoms with Crippen molar-refractivity contribution in [3.63, 3.8) is 0 Å². The van der Waals surface area contributed by atoms with Gasteiger partial charge in [-0.2, -0.15) is 0 Å². The molecule has 0 N–H and O–H groups in total. The molecule has 0 amide bonds. The third-order valence-electron chi connectivity index (χ3n) is 10.6. The van der Waals surface area contributed by atoms with Gasteiger partial charge in [0.15, 0.2) is 22.9 Å². The molecule has 3 aromatic carbocycles. The molecule has 0 saturated heterocycles. The summed E-state index contributed by atoms with van der Waals surface area (Å²) >= 11 is 0. The normalized spacial score (nSPS) is 11.2. The number of benzene rings is 3. The first-order valence-electron chi connectivity index (χ1n) is 21.5. The van der Waals surface area contributed by atoms with Crippen molar-refractivity contribution in [1.29, 1.82) is 0 Å². The molecule has 0 aliphatic carbocycles. The average Bonchev–Trinajstić information content (AvgIpc) is 3.77. The fraction of sp³-hybridized carbons (Fsp3) is 0.520. The summed E-state index contributed by atoms with van der Waals surface area (Å²) in [6.45, 7) is 8.28. The smallest absolute Gasteiger partial charge is 0.192 e. The Kier molecular flexibility index (Phi) is 17.3. The number of hydrogen-bond acceptors (Lipinski definition) is 4. The Balaban J connectivity index is 1.18. The maximum absolute atomic E-state index is 6.16. The van der Waals surface area contributed by atoms with E-state index in [0.717, 1.165) is 24.0 Å². The monoisotopic (exact) mass is 724 g/mol. The highest BCUT2D eigenvalue weighted by Gasteiger charge is 2.21. The first kappa shape index (κ1) is 40.9. The van der Waals surface area contributed by atoms with E-state index in [0.29, 0.717) is 45.1 Å². The molecular formula is C50H64N2O2. The van der Waals surface area contributed by atoms with E-state index in [2.05, 4.69) is 86.1 Å². The minimum atomic E-state index is 0.563. The maximum Gasteiger partial charge on any atom is 0.192 e. The molecular weight excluding hydrogens is 661 g/mol. The van der Waals surface area contributed by atoms with Crippen molar-refractivity contribution >= 4 is 22.2 Å². The van der Waals surface area contributed by atoms with Crippen molar-refractivity contribution in [3.05, 3.63) is 93.7 Å². The van der Waals surface area contributed by atoms with Crippen LogP contribution in [0.5, 0.6) is 0 Å². The molecule has 0 saturated carbocycles. The van der Waals surface area contributed by atoms with Crippen molar-refractivity contribution in [1.82, 2.24) is 9.97 Å². The third kappa shape index (κ3) is 12.9. The SMILES string of the molecule is CCCCCCCCCCCCc1ccc(C#Cc2c3nc(C)oc3c(C#Cc3ccc(CCCCCCCCCCCC)cc3)c3nc(C)oc23)cc1. The molecule has 5 rings (SSSR count). The zero-order valence-electron chi connectivity index (χ0n) is 33.9. The van der Waals surface area contributed by atoms with Gasteiger partial charge in [0, 0.05) is 25.0 Å². The number of rotatable bonds is 22. The number of fused-ring (bicyclic) bond motifs is 2. The molecule has 0 atom stereocenters. The van der Waals surface area contributed by atoms with Crippen LogP contribution in [0.2, 0.25) is 0 Å².